The fourth-order valence-corrected chi connectivity index (χ4v) is 3.87. The Morgan fingerprint density at radius 1 is 1.33 bits per heavy atom. The zero-order valence-electron chi connectivity index (χ0n) is 14.2. The van der Waals surface area contributed by atoms with Crippen LogP contribution >= 0.6 is 0 Å². The quantitative estimate of drug-likeness (QED) is 0.835. The molecule has 3 atom stereocenters. The molecule has 2 rings (SSSR count). The van der Waals surface area contributed by atoms with Crippen molar-refractivity contribution in [2.75, 3.05) is 6.54 Å². The van der Waals surface area contributed by atoms with E-state index in [1.165, 1.54) is 32.1 Å². The first-order valence-corrected chi connectivity index (χ1v) is 8.77. The summed E-state index contributed by atoms with van der Waals surface area (Å²) in [5, 5.41) is 8.09. The Kier molecular flexibility index (Phi) is 6.22. The summed E-state index contributed by atoms with van der Waals surface area (Å²) in [6.07, 6.45) is 9.52. The second-order valence-corrected chi connectivity index (χ2v) is 6.81. The maximum absolute atomic E-state index is 4.52. The number of hydrogen-bond acceptors (Lipinski definition) is 3. The van der Waals surface area contributed by atoms with Crippen LogP contribution in [0.15, 0.2) is 6.33 Å². The second-order valence-electron chi connectivity index (χ2n) is 6.81. The average Bonchev–Trinajstić information content (AvgIpc) is 2.90. The molecule has 3 unspecified atom stereocenters. The van der Waals surface area contributed by atoms with Crippen molar-refractivity contribution >= 4 is 0 Å². The molecule has 0 aliphatic heterocycles. The smallest absolute Gasteiger partial charge is 0.138 e. The maximum Gasteiger partial charge on any atom is 0.138 e. The summed E-state index contributed by atoms with van der Waals surface area (Å²) in [5.74, 6) is 2.78. The highest BCUT2D eigenvalue weighted by Crippen LogP contribution is 2.34. The van der Waals surface area contributed by atoms with Gasteiger partial charge in [-0.1, -0.05) is 26.7 Å². The number of hydrogen-bond donors (Lipinski definition) is 1. The lowest BCUT2D eigenvalue weighted by atomic mass is 9.75. The number of nitrogens with zero attached hydrogens (tertiary/aromatic N) is 3. The van der Waals surface area contributed by atoms with Crippen LogP contribution < -0.4 is 5.32 Å². The molecule has 4 heteroatoms. The lowest BCUT2D eigenvalue weighted by Crippen LogP contribution is -2.42. The highest BCUT2D eigenvalue weighted by atomic mass is 15.3. The van der Waals surface area contributed by atoms with Crippen molar-refractivity contribution in [2.24, 2.45) is 11.8 Å². The topological polar surface area (TPSA) is 42.7 Å². The van der Waals surface area contributed by atoms with Crippen molar-refractivity contribution in [3.8, 4) is 0 Å². The molecule has 1 aliphatic carbocycles. The van der Waals surface area contributed by atoms with Gasteiger partial charge in [0.05, 0.1) is 0 Å². The largest absolute Gasteiger partial charge is 0.314 e. The molecule has 0 spiro atoms. The van der Waals surface area contributed by atoms with Gasteiger partial charge in [0.1, 0.15) is 12.2 Å². The lowest BCUT2D eigenvalue weighted by molar-refractivity contribution is 0.191. The van der Waals surface area contributed by atoms with Gasteiger partial charge in [-0.15, -0.1) is 0 Å². The van der Waals surface area contributed by atoms with Crippen molar-refractivity contribution in [1.82, 2.24) is 20.1 Å². The Bertz CT molecular complexity index is 413. The number of aromatic nitrogens is 3. The first-order chi connectivity index (χ1) is 10.2. The van der Waals surface area contributed by atoms with Gasteiger partial charge in [-0.2, -0.15) is 5.10 Å². The minimum Gasteiger partial charge on any atom is -0.314 e. The molecule has 4 nitrogen and oxygen atoms in total. The molecule has 1 aliphatic rings. The van der Waals surface area contributed by atoms with Crippen LogP contribution in [-0.2, 0) is 6.42 Å². The maximum atomic E-state index is 4.52. The Balaban J connectivity index is 2.06. The SMILES string of the molecule is CCCC1CCC(NCC)C(Cc2ncnn2C(C)C)C1. The Morgan fingerprint density at radius 3 is 2.81 bits per heavy atom. The minimum atomic E-state index is 0.398. The lowest BCUT2D eigenvalue weighted by Gasteiger charge is -2.36. The monoisotopic (exact) mass is 292 g/mol. The van der Waals surface area contributed by atoms with E-state index in [1.54, 1.807) is 6.33 Å². The molecule has 0 radical (unpaired) electrons. The molecule has 1 heterocycles. The van der Waals surface area contributed by atoms with E-state index in [2.05, 4.69) is 47.8 Å². The van der Waals surface area contributed by atoms with E-state index >= 15 is 0 Å². The van der Waals surface area contributed by atoms with E-state index in [0.717, 1.165) is 24.7 Å². The van der Waals surface area contributed by atoms with Gasteiger partial charge in [-0.25, -0.2) is 9.67 Å². The van der Waals surface area contributed by atoms with Gasteiger partial charge in [-0.3, -0.25) is 0 Å². The van der Waals surface area contributed by atoms with Crippen LogP contribution in [0.25, 0.3) is 0 Å². The van der Waals surface area contributed by atoms with Gasteiger partial charge in [0.15, 0.2) is 0 Å². The average molecular weight is 292 g/mol. The summed E-state index contributed by atoms with van der Waals surface area (Å²) in [4.78, 5) is 4.52. The van der Waals surface area contributed by atoms with E-state index in [4.69, 9.17) is 0 Å². The van der Waals surface area contributed by atoms with Crippen LogP contribution in [-0.4, -0.2) is 27.4 Å². The molecule has 120 valence electrons. The summed E-state index contributed by atoms with van der Waals surface area (Å²) in [6, 6.07) is 1.05. The zero-order chi connectivity index (χ0) is 15.2. The summed E-state index contributed by atoms with van der Waals surface area (Å²) in [5.41, 5.74) is 0. The van der Waals surface area contributed by atoms with Gasteiger partial charge in [-0.05, 0) is 51.5 Å². The molecule has 1 aromatic rings. The van der Waals surface area contributed by atoms with Crippen LogP contribution in [0.1, 0.15) is 71.7 Å². The van der Waals surface area contributed by atoms with Crippen molar-refractivity contribution in [1.29, 1.82) is 0 Å². The van der Waals surface area contributed by atoms with E-state index in [-0.39, 0.29) is 0 Å². The van der Waals surface area contributed by atoms with Gasteiger partial charge in [0, 0.05) is 18.5 Å². The van der Waals surface area contributed by atoms with Crippen molar-refractivity contribution in [3.05, 3.63) is 12.2 Å². The standard InChI is InChI=1S/C17H32N4/c1-5-7-14-8-9-16(18-6-2)15(10-14)11-17-19-12-20-21(17)13(3)4/h12-16,18H,5-11H2,1-4H3. The first kappa shape index (κ1) is 16.5. The molecule has 0 amide bonds. The van der Waals surface area contributed by atoms with E-state index < -0.39 is 0 Å². The highest BCUT2D eigenvalue weighted by Gasteiger charge is 2.30. The van der Waals surface area contributed by atoms with Crippen molar-refractivity contribution < 1.29 is 0 Å². The van der Waals surface area contributed by atoms with E-state index in [1.807, 2.05) is 0 Å². The van der Waals surface area contributed by atoms with Crippen molar-refractivity contribution in [2.45, 2.75) is 78.3 Å². The molecular weight excluding hydrogens is 260 g/mol. The third kappa shape index (κ3) is 4.29. The molecule has 0 bridgehead atoms. The van der Waals surface area contributed by atoms with Crippen LogP contribution in [0, 0.1) is 11.8 Å². The van der Waals surface area contributed by atoms with Crippen LogP contribution in [0.5, 0.6) is 0 Å². The molecule has 1 aromatic heterocycles. The van der Waals surface area contributed by atoms with E-state index in [9.17, 15) is 0 Å². The summed E-state index contributed by atoms with van der Waals surface area (Å²) < 4.78 is 2.09. The Labute approximate surface area is 129 Å². The molecule has 1 N–H and O–H groups in total. The third-order valence-electron chi connectivity index (χ3n) is 4.84. The van der Waals surface area contributed by atoms with E-state index in [0.29, 0.717) is 18.0 Å². The van der Waals surface area contributed by atoms with Crippen LogP contribution in [0.4, 0.5) is 0 Å². The predicted octanol–water partition coefficient (Wildman–Crippen LogP) is 3.60. The minimum absolute atomic E-state index is 0.398. The van der Waals surface area contributed by atoms with Gasteiger partial charge in [0.25, 0.3) is 0 Å². The molecule has 0 aromatic carbocycles. The molecule has 1 saturated carbocycles. The fraction of sp³-hybridized carbons (Fsp3) is 0.882. The normalized spacial score (nSPS) is 26.4. The Morgan fingerprint density at radius 2 is 2.14 bits per heavy atom. The second kappa shape index (κ2) is 7.92. The fourth-order valence-electron chi connectivity index (χ4n) is 3.87. The van der Waals surface area contributed by atoms with Crippen molar-refractivity contribution in [3.63, 3.8) is 0 Å². The molecule has 0 saturated heterocycles. The third-order valence-corrected chi connectivity index (χ3v) is 4.84. The van der Waals surface area contributed by atoms with Gasteiger partial charge in [0.2, 0.25) is 0 Å². The zero-order valence-corrected chi connectivity index (χ0v) is 14.2. The van der Waals surface area contributed by atoms with Crippen LogP contribution in [0.3, 0.4) is 0 Å². The predicted molar refractivity (Wildman–Crippen MR) is 87.3 cm³/mol. The Hall–Kier alpha value is -0.900. The molecular formula is C17H32N4. The summed E-state index contributed by atoms with van der Waals surface area (Å²) >= 11 is 0. The van der Waals surface area contributed by atoms with Gasteiger partial charge < -0.3 is 5.32 Å². The van der Waals surface area contributed by atoms with Crippen LogP contribution in [0.2, 0.25) is 0 Å². The molecule has 1 fully saturated rings. The molecule has 21 heavy (non-hydrogen) atoms. The first-order valence-electron chi connectivity index (χ1n) is 8.77. The number of rotatable bonds is 7. The summed E-state index contributed by atoms with van der Waals surface area (Å²) in [7, 11) is 0. The summed E-state index contributed by atoms with van der Waals surface area (Å²) in [6.45, 7) is 9.95. The van der Waals surface area contributed by atoms with Gasteiger partial charge >= 0.3 is 0 Å². The number of nitrogens with one attached hydrogen (secondary N) is 1. The highest BCUT2D eigenvalue weighted by molar-refractivity contribution is 4.95.